The van der Waals surface area contributed by atoms with Crippen LogP contribution in [-0.4, -0.2) is 28.4 Å². The minimum atomic E-state index is -1.92. The van der Waals surface area contributed by atoms with Crippen molar-refractivity contribution in [2.24, 2.45) is 0 Å². The summed E-state index contributed by atoms with van der Waals surface area (Å²) in [5.41, 5.74) is 6.31. The summed E-state index contributed by atoms with van der Waals surface area (Å²) in [4.78, 5) is 28.5. The van der Waals surface area contributed by atoms with Crippen molar-refractivity contribution in [3.8, 4) is 11.1 Å². The van der Waals surface area contributed by atoms with Crippen molar-refractivity contribution in [2.45, 2.75) is 20.0 Å². The molecule has 0 fully saturated rings. The fraction of sp³-hybridized carbons (Fsp3) is 0.174. The zero-order chi connectivity index (χ0) is 24.3. The third kappa shape index (κ3) is 5.12. The zero-order valence-corrected chi connectivity index (χ0v) is 17.7. The van der Waals surface area contributed by atoms with Gasteiger partial charge in [0.2, 0.25) is 0 Å². The van der Waals surface area contributed by atoms with Crippen molar-refractivity contribution in [2.75, 3.05) is 17.6 Å². The molecule has 0 radical (unpaired) electrons. The van der Waals surface area contributed by atoms with Crippen LogP contribution in [0.15, 0.2) is 42.6 Å². The Morgan fingerprint density at radius 2 is 1.79 bits per heavy atom. The molecular weight excluding hydrogens is 437 g/mol. The number of pyridine rings is 1. The van der Waals surface area contributed by atoms with Crippen molar-refractivity contribution in [3.63, 3.8) is 0 Å². The minimum Gasteiger partial charge on any atom is -0.383 e. The highest BCUT2D eigenvalue weighted by Crippen LogP contribution is 2.31. The van der Waals surface area contributed by atoms with E-state index in [2.05, 4.69) is 15.6 Å². The number of aromatic nitrogens is 1. The Labute approximate surface area is 187 Å². The standard InChI is InChI=1S/C23H21F3N4O3/c1-3-28-22(32)17-8-13(10-29-21(17)27)16-4-5-18(19(26)11(16)2)30-23(33)20(31)12-6-14(24)9-15(25)7-12/h4-10,20,31H,3H2,1-2H3,(H2,27,29)(H,28,32)(H,30,33)/t20-/m1/s1. The molecule has 0 unspecified atom stereocenters. The monoisotopic (exact) mass is 458 g/mol. The van der Waals surface area contributed by atoms with Crippen molar-refractivity contribution >= 4 is 23.3 Å². The van der Waals surface area contributed by atoms with Crippen LogP contribution in [0.3, 0.4) is 0 Å². The molecule has 0 saturated heterocycles. The van der Waals surface area contributed by atoms with Gasteiger partial charge in [-0.15, -0.1) is 0 Å². The number of carbonyl (C=O) groups is 2. The number of aliphatic hydroxyl groups excluding tert-OH is 1. The van der Waals surface area contributed by atoms with Gasteiger partial charge in [-0.25, -0.2) is 18.2 Å². The Morgan fingerprint density at radius 1 is 1.12 bits per heavy atom. The summed E-state index contributed by atoms with van der Waals surface area (Å²) in [6.45, 7) is 3.60. The Hall–Kier alpha value is -3.92. The van der Waals surface area contributed by atoms with Crippen LogP contribution < -0.4 is 16.4 Å². The van der Waals surface area contributed by atoms with E-state index in [-0.39, 0.29) is 28.2 Å². The average molecular weight is 458 g/mol. The summed E-state index contributed by atoms with van der Waals surface area (Å²) in [6, 6.07) is 6.44. The van der Waals surface area contributed by atoms with E-state index in [0.717, 1.165) is 12.1 Å². The van der Waals surface area contributed by atoms with Crippen LogP contribution in [-0.2, 0) is 4.79 Å². The van der Waals surface area contributed by atoms with Gasteiger partial charge in [-0.3, -0.25) is 9.59 Å². The third-order valence-electron chi connectivity index (χ3n) is 4.90. The summed E-state index contributed by atoms with van der Waals surface area (Å²) in [5.74, 6) is -4.20. The Kier molecular flexibility index (Phi) is 6.98. The molecule has 0 bridgehead atoms. The number of anilines is 2. The van der Waals surface area contributed by atoms with Crippen LogP contribution in [0.1, 0.15) is 34.5 Å². The van der Waals surface area contributed by atoms with Crippen LogP contribution >= 0.6 is 0 Å². The van der Waals surface area contributed by atoms with Gasteiger partial charge in [0.05, 0.1) is 11.3 Å². The van der Waals surface area contributed by atoms with Gasteiger partial charge < -0.3 is 21.5 Å². The quantitative estimate of drug-likeness (QED) is 0.451. The summed E-state index contributed by atoms with van der Waals surface area (Å²) in [5, 5.41) is 15.0. The number of benzene rings is 2. The molecule has 10 heteroatoms. The third-order valence-corrected chi connectivity index (χ3v) is 4.90. The van der Waals surface area contributed by atoms with E-state index >= 15 is 4.39 Å². The van der Waals surface area contributed by atoms with Crippen LogP contribution in [0.25, 0.3) is 11.1 Å². The molecule has 0 aliphatic carbocycles. The maximum atomic E-state index is 15.0. The highest BCUT2D eigenvalue weighted by Gasteiger charge is 2.22. The van der Waals surface area contributed by atoms with Crippen molar-refractivity contribution in [1.82, 2.24) is 10.3 Å². The van der Waals surface area contributed by atoms with E-state index in [1.807, 2.05) is 0 Å². The second-order valence-electron chi connectivity index (χ2n) is 7.21. The second-order valence-corrected chi connectivity index (χ2v) is 7.21. The molecule has 0 aliphatic heterocycles. The van der Waals surface area contributed by atoms with Crippen LogP contribution in [0.2, 0.25) is 0 Å². The van der Waals surface area contributed by atoms with Gasteiger partial charge in [0.25, 0.3) is 11.8 Å². The molecule has 5 N–H and O–H groups in total. The topological polar surface area (TPSA) is 117 Å². The van der Waals surface area contributed by atoms with E-state index in [1.165, 1.54) is 31.3 Å². The molecule has 0 aliphatic rings. The number of amides is 2. The number of aliphatic hydroxyl groups is 1. The predicted molar refractivity (Wildman–Crippen MR) is 117 cm³/mol. The molecule has 1 atom stereocenters. The molecule has 1 heterocycles. The molecule has 7 nitrogen and oxygen atoms in total. The lowest BCUT2D eigenvalue weighted by molar-refractivity contribution is -0.124. The first kappa shape index (κ1) is 23.7. The lowest BCUT2D eigenvalue weighted by atomic mass is 9.99. The van der Waals surface area contributed by atoms with Crippen LogP contribution in [0.4, 0.5) is 24.7 Å². The van der Waals surface area contributed by atoms with Crippen LogP contribution in [0, 0.1) is 24.4 Å². The maximum absolute atomic E-state index is 15.0. The minimum absolute atomic E-state index is 0.0227. The molecule has 0 spiro atoms. The molecule has 1 aromatic heterocycles. The number of nitrogen functional groups attached to an aromatic ring is 1. The Balaban J connectivity index is 1.88. The number of rotatable bonds is 6. The highest BCUT2D eigenvalue weighted by atomic mass is 19.1. The van der Waals surface area contributed by atoms with Gasteiger partial charge in [-0.2, -0.15) is 0 Å². The predicted octanol–water partition coefficient (Wildman–Crippen LogP) is 3.48. The van der Waals surface area contributed by atoms with Gasteiger partial charge in [-0.1, -0.05) is 6.07 Å². The van der Waals surface area contributed by atoms with Gasteiger partial charge in [0.15, 0.2) is 6.10 Å². The van der Waals surface area contributed by atoms with E-state index in [4.69, 9.17) is 5.73 Å². The van der Waals surface area contributed by atoms with Crippen molar-refractivity contribution in [1.29, 1.82) is 0 Å². The van der Waals surface area contributed by atoms with E-state index in [1.54, 1.807) is 6.92 Å². The maximum Gasteiger partial charge on any atom is 0.257 e. The summed E-state index contributed by atoms with van der Waals surface area (Å²) >= 11 is 0. The number of nitrogens with zero attached hydrogens (tertiary/aromatic N) is 1. The molecular formula is C23H21F3N4O3. The molecule has 2 aromatic carbocycles. The molecule has 0 saturated carbocycles. The van der Waals surface area contributed by atoms with E-state index in [9.17, 15) is 23.5 Å². The Bertz CT molecular complexity index is 1210. The number of hydrogen-bond donors (Lipinski definition) is 4. The summed E-state index contributed by atoms with van der Waals surface area (Å²) in [7, 11) is 0. The number of halogens is 3. The lowest BCUT2D eigenvalue weighted by Crippen LogP contribution is -2.24. The number of hydrogen-bond acceptors (Lipinski definition) is 5. The summed E-state index contributed by atoms with van der Waals surface area (Å²) < 4.78 is 41.8. The normalized spacial score (nSPS) is 11.7. The molecule has 2 amide bonds. The van der Waals surface area contributed by atoms with E-state index in [0.29, 0.717) is 23.7 Å². The first-order valence-corrected chi connectivity index (χ1v) is 9.90. The number of nitrogens with one attached hydrogen (secondary N) is 2. The summed E-state index contributed by atoms with van der Waals surface area (Å²) in [6.07, 6.45) is -0.532. The zero-order valence-electron chi connectivity index (χ0n) is 17.7. The average Bonchev–Trinajstić information content (AvgIpc) is 2.76. The van der Waals surface area contributed by atoms with Gasteiger partial charge in [-0.05, 0) is 54.8 Å². The molecule has 3 aromatic rings. The fourth-order valence-electron chi connectivity index (χ4n) is 3.24. The Morgan fingerprint density at radius 3 is 2.42 bits per heavy atom. The van der Waals surface area contributed by atoms with E-state index < -0.39 is 35.4 Å². The lowest BCUT2D eigenvalue weighted by Gasteiger charge is -2.15. The number of nitrogens with two attached hydrogens (primary N) is 1. The largest absolute Gasteiger partial charge is 0.383 e. The van der Waals surface area contributed by atoms with Crippen molar-refractivity contribution in [3.05, 3.63) is 76.7 Å². The van der Waals surface area contributed by atoms with Crippen LogP contribution in [0.5, 0.6) is 0 Å². The van der Waals surface area contributed by atoms with Gasteiger partial charge >= 0.3 is 0 Å². The first-order chi connectivity index (χ1) is 15.6. The molecule has 33 heavy (non-hydrogen) atoms. The SMILES string of the molecule is CCNC(=O)c1cc(-c2ccc(NC(=O)[C@H](O)c3cc(F)cc(F)c3)c(F)c2C)cnc1N. The smallest absolute Gasteiger partial charge is 0.257 e. The molecule has 3 rings (SSSR count). The van der Waals surface area contributed by atoms with Crippen molar-refractivity contribution < 1.29 is 27.9 Å². The highest BCUT2D eigenvalue weighted by molar-refractivity contribution is 5.99. The molecule has 172 valence electrons. The second kappa shape index (κ2) is 9.70. The number of carbonyl (C=O) groups excluding carboxylic acids is 2. The van der Waals surface area contributed by atoms with Gasteiger partial charge in [0.1, 0.15) is 23.3 Å². The fourth-order valence-corrected chi connectivity index (χ4v) is 3.24. The first-order valence-electron chi connectivity index (χ1n) is 9.90. The van der Waals surface area contributed by atoms with Gasteiger partial charge in [0, 0.05) is 24.4 Å².